The summed E-state index contributed by atoms with van der Waals surface area (Å²) in [4.78, 5) is 27.5. The van der Waals surface area contributed by atoms with Crippen molar-refractivity contribution < 1.29 is 22.7 Å². The molecule has 1 atom stereocenters. The Hall–Kier alpha value is -3.85. The molecule has 0 unspecified atom stereocenters. The summed E-state index contributed by atoms with van der Waals surface area (Å²) in [6.07, 6.45) is 0. The van der Waals surface area contributed by atoms with Gasteiger partial charge in [0.1, 0.15) is 18.3 Å². The number of carbonyl (C=O) groups excluding carboxylic acids is 2. The second-order valence-corrected chi connectivity index (χ2v) is 9.69. The summed E-state index contributed by atoms with van der Waals surface area (Å²) in [5.74, 6) is -0.427. The van der Waals surface area contributed by atoms with Crippen LogP contribution in [0.5, 0.6) is 5.75 Å². The minimum Gasteiger partial charge on any atom is -0.497 e. The van der Waals surface area contributed by atoms with Gasteiger partial charge in [0.25, 0.3) is 10.0 Å². The van der Waals surface area contributed by atoms with Crippen LogP contribution in [0.25, 0.3) is 0 Å². The van der Waals surface area contributed by atoms with Crippen LogP contribution in [0.15, 0.2) is 89.8 Å². The molecule has 8 nitrogen and oxygen atoms in total. The molecule has 3 aromatic rings. The van der Waals surface area contributed by atoms with Crippen molar-refractivity contribution in [3.05, 3.63) is 90.5 Å². The van der Waals surface area contributed by atoms with Crippen molar-refractivity contribution in [3.8, 4) is 5.75 Å². The molecule has 0 aromatic heterocycles. The molecule has 0 saturated carbocycles. The first-order valence-electron chi connectivity index (χ1n) is 11.0. The number of benzene rings is 3. The topological polar surface area (TPSA) is 96.0 Å². The van der Waals surface area contributed by atoms with E-state index in [1.807, 2.05) is 30.3 Å². The van der Waals surface area contributed by atoms with Gasteiger partial charge in [-0.1, -0.05) is 54.6 Å². The van der Waals surface area contributed by atoms with Crippen LogP contribution in [0.2, 0.25) is 0 Å². The molecule has 0 heterocycles. The number of methoxy groups -OCH3 is 1. The predicted octanol–water partition coefficient (Wildman–Crippen LogP) is 3.05. The molecule has 0 aliphatic carbocycles. The van der Waals surface area contributed by atoms with E-state index >= 15 is 0 Å². The van der Waals surface area contributed by atoms with E-state index in [1.54, 1.807) is 49.4 Å². The summed E-state index contributed by atoms with van der Waals surface area (Å²) in [6, 6.07) is 22.8. The Kier molecular flexibility index (Phi) is 8.48. The summed E-state index contributed by atoms with van der Waals surface area (Å²) in [5, 5.41) is 2.56. The zero-order chi connectivity index (χ0) is 25.4. The lowest BCUT2D eigenvalue weighted by Crippen LogP contribution is -2.50. The minimum absolute atomic E-state index is 0.0459. The highest BCUT2D eigenvalue weighted by Gasteiger charge is 2.32. The zero-order valence-electron chi connectivity index (χ0n) is 19.9. The number of hydrogen-bond donors (Lipinski definition) is 1. The van der Waals surface area contributed by atoms with Gasteiger partial charge in [0.2, 0.25) is 11.8 Å². The Morgan fingerprint density at radius 2 is 1.57 bits per heavy atom. The smallest absolute Gasteiger partial charge is 0.264 e. The lowest BCUT2D eigenvalue weighted by molar-refractivity contribution is -0.139. The van der Waals surface area contributed by atoms with E-state index in [4.69, 9.17) is 4.74 Å². The van der Waals surface area contributed by atoms with E-state index in [9.17, 15) is 18.0 Å². The average molecular weight is 496 g/mol. The number of hydrogen-bond acceptors (Lipinski definition) is 5. The third kappa shape index (κ3) is 6.19. The number of nitrogens with zero attached hydrogens (tertiary/aromatic N) is 2. The predicted molar refractivity (Wildman–Crippen MR) is 134 cm³/mol. The maximum Gasteiger partial charge on any atom is 0.264 e. The fourth-order valence-electron chi connectivity index (χ4n) is 3.59. The van der Waals surface area contributed by atoms with E-state index in [-0.39, 0.29) is 23.0 Å². The van der Waals surface area contributed by atoms with Crippen LogP contribution >= 0.6 is 0 Å². The molecule has 1 N–H and O–H groups in total. The SMILES string of the molecule is CNC(=O)[C@H](C)N(Cc1ccccc1)C(=O)CN(c1cccc(OC)c1)S(=O)(=O)c1ccccc1. The number of carbonyl (C=O) groups is 2. The van der Waals surface area contributed by atoms with Crippen LogP contribution in [0.4, 0.5) is 5.69 Å². The lowest BCUT2D eigenvalue weighted by Gasteiger charge is -2.31. The first-order chi connectivity index (χ1) is 16.8. The molecule has 3 rings (SSSR count). The first-order valence-corrected chi connectivity index (χ1v) is 12.5. The van der Waals surface area contributed by atoms with Crippen LogP contribution in [-0.2, 0) is 26.2 Å². The van der Waals surface area contributed by atoms with Gasteiger partial charge in [-0.3, -0.25) is 13.9 Å². The quantitative estimate of drug-likeness (QED) is 0.466. The minimum atomic E-state index is -4.10. The number of amides is 2. The standard InChI is InChI=1S/C26H29N3O5S/c1-20(26(31)27-2)28(18-21-11-6-4-7-12-21)25(30)19-29(22-13-10-14-23(17-22)34-3)35(32,33)24-15-8-5-9-16-24/h4-17,20H,18-19H2,1-3H3,(H,27,31)/t20-/m0/s1. The molecule has 0 saturated heterocycles. The van der Waals surface area contributed by atoms with E-state index in [2.05, 4.69) is 5.32 Å². The van der Waals surface area contributed by atoms with Crippen molar-refractivity contribution in [3.63, 3.8) is 0 Å². The monoisotopic (exact) mass is 495 g/mol. The van der Waals surface area contributed by atoms with Gasteiger partial charge in [-0.15, -0.1) is 0 Å². The molecule has 184 valence electrons. The van der Waals surface area contributed by atoms with Crippen LogP contribution in [0.1, 0.15) is 12.5 Å². The Labute approximate surface area is 206 Å². The summed E-state index contributed by atoms with van der Waals surface area (Å²) in [7, 11) is -1.13. The van der Waals surface area contributed by atoms with Gasteiger partial charge in [0.05, 0.1) is 17.7 Å². The third-order valence-electron chi connectivity index (χ3n) is 5.56. The van der Waals surface area contributed by atoms with Crippen LogP contribution in [0.3, 0.4) is 0 Å². The Morgan fingerprint density at radius 1 is 0.943 bits per heavy atom. The van der Waals surface area contributed by atoms with E-state index < -0.39 is 28.5 Å². The molecule has 0 aliphatic rings. The van der Waals surface area contributed by atoms with E-state index in [0.29, 0.717) is 5.75 Å². The Balaban J connectivity index is 2.03. The number of nitrogens with one attached hydrogen (secondary N) is 1. The number of anilines is 1. The van der Waals surface area contributed by atoms with Gasteiger partial charge in [0.15, 0.2) is 0 Å². The molecule has 0 radical (unpaired) electrons. The Bertz CT molecular complexity index is 1250. The van der Waals surface area contributed by atoms with Crippen molar-refractivity contribution in [2.75, 3.05) is 25.0 Å². The summed E-state index contributed by atoms with van der Waals surface area (Å²) in [6.45, 7) is 1.26. The second kappa shape index (κ2) is 11.5. The Morgan fingerprint density at radius 3 is 2.17 bits per heavy atom. The third-order valence-corrected chi connectivity index (χ3v) is 7.35. The fourth-order valence-corrected chi connectivity index (χ4v) is 5.01. The van der Waals surface area contributed by atoms with Crippen molar-refractivity contribution in [1.29, 1.82) is 0 Å². The van der Waals surface area contributed by atoms with Gasteiger partial charge >= 0.3 is 0 Å². The number of rotatable bonds is 10. The summed E-state index contributed by atoms with van der Waals surface area (Å²) < 4.78 is 33.6. The van der Waals surface area contributed by atoms with Crippen LogP contribution < -0.4 is 14.4 Å². The van der Waals surface area contributed by atoms with Gasteiger partial charge < -0.3 is 15.0 Å². The first kappa shape index (κ1) is 25.8. The highest BCUT2D eigenvalue weighted by Crippen LogP contribution is 2.27. The summed E-state index contributed by atoms with van der Waals surface area (Å²) >= 11 is 0. The molecule has 35 heavy (non-hydrogen) atoms. The van der Waals surface area contributed by atoms with Gasteiger partial charge in [-0.05, 0) is 36.8 Å². The number of sulfonamides is 1. The molecule has 3 aromatic carbocycles. The maximum absolute atomic E-state index is 13.6. The molecule has 0 bridgehead atoms. The molecule has 0 spiro atoms. The zero-order valence-corrected chi connectivity index (χ0v) is 20.7. The fraction of sp³-hybridized carbons (Fsp3) is 0.231. The highest BCUT2D eigenvalue weighted by atomic mass is 32.2. The molecular formula is C26H29N3O5S. The highest BCUT2D eigenvalue weighted by molar-refractivity contribution is 7.92. The summed E-state index contributed by atoms with van der Waals surface area (Å²) in [5.41, 5.74) is 1.09. The van der Waals surface area contributed by atoms with Crippen LogP contribution in [-0.4, -0.2) is 51.9 Å². The molecule has 2 amide bonds. The molecule has 0 aliphatic heterocycles. The second-order valence-electron chi connectivity index (χ2n) is 7.82. The normalized spacial score (nSPS) is 11.9. The molecule has 9 heteroatoms. The molecular weight excluding hydrogens is 466 g/mol. The van der Waals surface area contributed by atoms with Crippen LogP contribution in [0, 0.1) is 0 Å². The molecule has 0 fully saturated rings. The number of ether oxygens (including phenoxy) is 1. The average Bonchev–Trinajstić information content (AvgIpc) is 2.90. The van der Waals surface area contributed by atoms with Gasteiger partial charge in [-0.25, -0.2) is 8.42 Å². The van der Waals surface area contributed by atoms with Crippen molar-refractivity contribution in [1.82, 2.24) is 10.2 Å². The lowest BCUT2D eigenvalue weighted by atomic mass is 10.1. The van der Waals surface area contributed by atoms with Crippen molar-refractivity contribution in [2.24, 2.45) is 0 Å². The van der Waals surface area contributed by atoms with E-state index in [1.165, 1.54) is 31.2 Å². The largest absolute Gasteiger partial charge is 0.497 e. The van der Waals surface area contributed by atoms with Crippen molar-refractivity contribution in [2.45, 2.75) is 24.4 Å². The maximum atomic E-state index is 13.6. The van der Waals surface area contributed by atoms with E-state index in [0.717, 1.165) is 9.87 Å². The van der Waals surface area contributed by atoms with Gasteiger partial charge in [-0.2, -0.15) is 0 Å². The number of likely N-dealkylation sites (N-methyl/N-ethyl adjacent to an activating group) is 1. The van der Waals surface area contributed by atoms with Gasteiger partial charge in [0, 0.05) is 19.7 Å². The van der Waals surface area contributed by atoms with Crippen molar-refractivity contribution >= 4 is 27.5 Å².